The minimum absolute atomic E-state index is 0.0106. The van der Waals surface area contributed by atoms with Gasteiger partial charge in [0.1, 0.15) is 0 Å². The van der Waals surface area contributed by atoms with Crippen LogP contribution < -0.4 is 10.6 Å². The summed E-state index contributed by atoms with van der Waals surface area (Å²) in [5, 5.41) is 6.12. The number of carbonyl (C=O) groups is 2. The minimum Gasteiger partial charge on any atom is -0.336 e. The van der Waals surface area contributed by atoms with Crippen molar-refractivity contribution in [3.05, 3.63) is 39.8 Å². The Bertz CT molecular complexity index is 1010. The highest BCUT2D eigenvalue weighted by molar-refractivity contribution is 7.16. The summed E-state index contributed by atoms with van der Waals surface area (Å²) in [6.07, 6.45) is 0.688. The van der Waals surface area contributed by atoms with Gasteiger partial charge in [-0.15, -0.1) is 11.3 Å². The number of thiazole rings is 2. The molecule has 3 amide bonds. The van der Waals surface area contributed by atoms with Crippen molar-refractivity contribution in [1.82, 2.24) is 20.2 Å². The van der Waals surface area contributed by atoms with Crippen molar-refractivity contribution < 1.29 is 9.59 Å². The van der Waals surface area contributed by atoms with E-state index in [2.05, 4.69) is 20.6 Å². The van der Waals surface area contributed by atoms with Gasteiger partial charge in [-0.3, -0.25) is 10.1 Å². The van der Waals surface area contributed by atoms with Crippen molar-refractivity contribution in [3.8, 4) is 0 Å². The van der Waals surface area contributed by atoms with Gasteiger partial charge in [0.15, 0.2) is 5.13 Å². The highest BCUT2D eigenvalue weighted by Crippen LogP contribution is 2.29. The Kier molecular flexibility index (Phi) is 4.79. The van der Waals surface area contributed by atoms with Gasteiger partial charge in [-0.1, -0.05) is 11.3 Å². The lowest BCUT2D eigenvalue weighted by molar-refractivity contribution is 0.0736. The minimum atomic E-state index is -0.262. The zero-order chi connectivity index (χ0) is 19.0. The molecule has 0 aliphatic carbocycles. The molecular formula is C18H19N5O2S2. The van der Waals surface area contributed by atoms with Crippen LogP contribution in [-0.2, 0) is 13.0 Å². The Morgan fingerprint density at radius 2 is 2.15 bits per heavy atom. The first-order chi connectivity index (χ1) is 13.0. The highest BCUT2D eigenvalue weighted by atomic mass is 32.1. The Labute approximate surface area is 164 Å². The second kappa shape index (κ2) is 7.24. The second-order valence-corrected chi connectivity index (χ2v) is 8.62. The molecule has 3 heterocycles. The largest absolute Gasteiger partial charge is 0.336 e. The summed E-state index contributed by atoms with van der Waals surface area (Å²) < 4.78 is 1.01. The maximum Gasteiger partial charge on any atom is 0.321 e. The molecule has 0 atom stereocenters. The topological polar surface area (TPSA) is 87.2 Å². The van der Waals surface area contributed by atoms with Gasteiger partial charge in [-0.2, -0.15) is 0 Å². The third-order valence-corrected chi connectivity index (χ3v) is 6.03. The molecule has 0 unspecified atom stereocenters. The molecule has 7 nitrogen and oxygen atoms in total. The number of amides is 3. The van der Waals surface area contributed by atoms with E-state index in [1.54, 1.807) is 5.51 Å². The van der Waals surface area contributed by atoms with E-state index < -0.39 is 0 Å². The Balaban J connectivity index is 1.47. The summed E-state index contributed by atoms with van der Waals surface area (Å²) in [5.74, 6) is 0.0106. The van der Waals surface area contributed by atoms with Crippen molar-refractivity contribution in [2.75, 3.05) is 11.9 Å². The molecule has 4 rings (SSSR count). The molecule has 9 heteroatoms. The molecule has 140 valence electrons. The van der Waals surface area contributed by atoms with Crippen molar-refractivity contribution in [2.45, 2.75) is 32.9 Å². The Morgan fingerprint density at radius 3 is 2.96 bits per heavy atom. The molecule has 0 spiro atoms. The van der Waals surface area contributed by atoms with E-state index in [0.29, 0.717) is 30.2 Å². The maximum atomic E-state index is 12.9. The first kappa shape index (κ1) is 17.9. The number of benzene rings is 1. The van der Waals surface area contributed by atoms with Crippen LogP contribution >= 0.6 is 22.7 Å². The lowest BCUT2D eigenvalue weighted by atomic mass is 10.1. The summed E-state index contributed by atoms with van der Waals surface area (Å²) in [4.78, 5) is 36.4. The fourth-order valence-corrected chi connectivity index (χ4v) is 4.72. The Morgan fingerprint density at radius 1 is 1.30 bits per heavy atom. The molecule has 3 aromatic rings. The molecule has 0 bridgehead atoms. The molecular weight excluding hydrogens is 382 g/mol. The van der Waals surface area contributed by atoms with Gasteiger partial charge in [0.25, 0.3) is 5.91 Å². The molecule has 0 saturated heterocycles. The molecule has 27 heavy (non-hydrogen) atoms. The third kappa shape index (κ3) is 3.79. The van der Waals surface area contributed by atoms with Crippen LogP contribution in [0.4, 0.5) is 9.93 Å². The van der Waals surface area contributed by atoms with Crippen molar-refractivity contribution in [3.63, 3.8) is 0 Å². The van der Waals surface area contributed by atoms with Gasteiger partial charge >= 0.3 is 6.03 Å². The average molecular weight is 402 g/mol. The van der Waals surface area contributed by atoms with Crippen molar-refractivity contribution in [2.24, 2.45) is 0 Å². The van der Waals surface area contributed by atoms with Crippen LogP contribution in [0.1, 0.15) is 34.8 Å². The van der Waals surface area contributed by atoms with E-state index in [-0.39, 0.29) is 18.0 Å². The van der Waals surface area contributed by atoms with E-state index in [4.69, 9.17) is 0 Å². The zero-order valence-electron chi connectivity index (χ0n) is 15.0. The number of nitrogens with one attached hydrogen (secondary N) is 2. The van der Waals surface area contributed by atoms with Crippen LogP contribution in [0, 0.1) is 0 Å². The summed E-state index contributed by atoms with van der Waals surface area (Å²) in [5.41, 5.74) is 4.33. The van der Waals surface area contributed by atoms with E-state index in [1.807, 2.05) is 36.9 Å². The molecule has 1 aliphatic heterocycles. The molecule has 0 fully saturated rings. The predicted molar refractivity (Wildman–Crippen MR) is 107 cm³/mol. The van der Waals surface area contributed by atoms with Crippen LogP contribution in [-0.4, -0.2) is 39.4 Å². The second-order valence-electron chi connectivity index (χ2n) is 6.65. The number of urea groups is 1. The lowest BCUT2D eigenvalue weighted by Gasteiger charge is -2.26. The van der Waals surface area contributed by atoms with Crippen molar-refractivity contribution in [1.29, 1.82) is 0 Å². The number of nitrogens with zero attached hydrogens (tertiary/aromatic N) is 3. The van der Waals surface area contributed by atoms with E-state index in [1.165, 1.54) is 22.7 Å². The smallest absolute Gasteiger partial charge is 0.321 e. The summed E-state index contributed by atoms with van der Waals surface area (Å²) in [6.45, 7) is 4.94. The summed E-state index contributed by atoms with van der Waals surface area (Å²) in [7, 11) is 0. The number of aromatic nitrogens is 2. The van der Waals surface area contributed by atoms with Crippen LogP contribution in [0.15, 0.2) is 23.7 Å². The van der Waals surface area contributed by atoms with Crippen LogP contribution in [0.2, 0.25) is 0 Å². The SMILES string of the molecule is CC(C)NC(=O)Nc1nc2c(s1)CN(C(=O)c1ccc3ncsc3c1)CC2. The number of fused-ring (bicyclic) bond motifs is 2. The van der Waals surface area contributed by atoms with Gasteiger partial charge in [0.2, 0.25) is 0 Å². The van der Waals surface area contributed by atoms with E-state index in [0.717, 1.165) is 20.8 Å². The summed E-state index contributed by atoms with van der Waals surface area (Å²) >= 11 is 2.96. The van der Waals surface area contributed by atoms with Gasteiger partial charge in [-0.25, -0.2) is 14.8 Å². The van der Waals surface area contributed by atoms with Crippen LogP contribution in [0.5, 0.6) is 0 Å². The standard InChI is InChI=1S/C18H19N5O2S2/c1-10(2)20-17(25)22-18-21-13-5-6-23(8-15(13)27-18)16(24)11-3-4-12-14(7-11)26-9-19-12/h3-4,7,9-10H,5-6,8H2,1-2H3,(H2,20,21,22,25). The van der Waals surface area contributed by atoms with Crippen LogP contribution in [0.25, 0.3) is 10.2 Å². The number of anilines is 1. The van der Waals surface area contributed by atoms with E-state index >= 15 is 0 Å². The Hall–Kier alpha value is -2.52. The molecule has 1 aliphatic rings. The van der Waals surface area contributed by atoms with Gasteiger partial charge < -0.3 is 10.2 Å². The number of carbonyl (C=O) groups excluding carboxylic acids is 2. The van der Waals surface area contributed by atoms with E-state index in [9.17, 15) is 9.59 Å². The fourth-order valence-electron chi connectivity index (χ4n) is 2.99. The van der Waals surface area contributed by atoms with Gasteiger partial charge in [0, 0.05) is 29.4 Å². The fraction of sp³-hybridized carbons (Fsp3) is 0.333. The number of hydrogen-bond acceptors (Lipinski definition) is 6. The molecule has 2 N–H and O–H groups in total. The summed E-state index contributed by atoms with van der Waals surface area (Å²) in [6, 6.07) is 5.41. The first-order valence-electron chi connectivity index (χ1n) is 8.68. The molecule has 0 radical (unpaired) electrons. The monoisotopic (exact) mass is 401 g/mol. The average Bonchev–Trinajstić information content (AvgIpc) is 3.24. The number of rotatable bonds is 3. The number of hydrogen-bond donors (Lipinski definition) is 2. The maximum absolute atomic E-state index is 12.9. The third-order valence-electron chi connectivity index (χ3n) is 4.24. The molecule has 2 aromatic heterocycles. The van der Waals surface area contributed by atoms with Gasteiger partial charge in [-0.05, 0) is 32.0 Å². The normalized spacial score (nSPS) is 13.7. The molecule has 1 aromatic carbocycles. The van der Waals surface area contributed by atoms with Crippen LogP contribution in [0.3, 0.4) is 0 Å². The van der Waals surface area contributed by atoms with Gasteiger partial charge in [0.05, 0.1) is 28.0 Å². The lowest BCUT2D eigenvalue weighted by Crippen LogP contribution is -2.35. The first-order valence-corrected chi connectivity index (χ1v) is 10.4. The molecule has 0 saturated carbocycles. The quantitative estimate of drug-likeness (QED) is 0.703. The zero-order valence-corrected chi connectivity index (χ0v) is 16.6. The highest BCUT2D eigenvalue weighted by Gasteiger charge is 2.25. The van der Waals surface area contributed by atoms with Crippen molar-refractivity contribution >= 4 is 50.0 Å². The predicted octanol–water partition coefficient (Wildman–Crippen LogP) is 3.48.